The van der Waals surface area contributed by atoms with Crippen LogP contribution >= 0.6 is 22.9 Å². The predicted molar refractivity (Wildman–Crippen MR) is 309 cm³/mol. The molecule has 4 saturated heterocycles. The van der Waals surface area contributed by atoms with Crippen molar-refractivity contribution in [1.29, 1.82) is 0 Å². The highest BCUT2D eigenvalue weighted by Gasteiger charge is 2.46. The quantitative estimate of drug-likeness (QED) is 0.0611. The maximum Gasteiger partial charge on any atom is 0.264 e. The number of carbonyl (C=O) groups excluding carboxylic acids is 7. The Morgan fingerprint density at radius 1 is 0.765 bits per heavy atom. The van der Waals surface area contributed by atoms with E-state index in [0.29, 0.717) is 77.2 Å². The van der Waals surface area contributed by atoms with E-state index in [2.05, 4.69) is 43.2 Å². The number of imide groups is 1. The number of ether oxygens (including phenoxy) is 2. The number of anilines is 2. The number of piperazine rings is 1. The molecule has 18 nitrogen and oxygen atoms in total. The Balaban J connectivity index is 0.595. The van der Waals surface area contributed by atoms with E-state index in [1.807, 2.05) is 59.5 Å². The molecule has 426 valence electrons. The number of fused-ring (bicyclic) bond motifs is 2. The van der Waals surface area contributed by atoms with Crippen molar-refractivity contribution in [2.45, 2.75) is 88.1 Å². The van der Waals surface area contributed by atoms with E-state index in [-0.39, 0.29) is 105 Å². The number of hydrogen-bond donors (Lipinski definition) is 4. The minimum atomic E-state index is -1.26. The largest absolute Gasteiger partial charge is 0.492 e. The molecule has 7 amide bonds. The van der Waals surface area contributed by atoms with Gasteiger partial charge in [0.15, 0.2) is 5.60 Å². The fourth-order valence-corrected chi connectivity index (χ4v) is 14.1. The molecular formula is C61H70ClN9O9S. The first kappa shape index (κ1) is 55.8. The van der Waals surface area contributed by atoms with Gasteiger partial charge < -0.3 is 40.1 Å². The van der Waals surface area contributed by atoms with Crippen LogP contribution in [0.25, 0.3) is 20.8 Å². The van der Waals surface area contributed by atoms with Gasteiger partial charge in [-0.2, -0.15) is 0 Å². The summed E-state index contributed by atoms with van der Waals surface area (Å²) in [6.07, 6.45) is 6.21. The Morgan fingerprint density at radius 3 is 2.26 bits per heavy atom. The summed E-state index contributed by atoms with van der Waals surface area (Å²) in [7, 11) is 1.57. The summed E-state index contributed by atoms with van der Waals surface area (Å²) in [6.45, 7) is 7.06. The number of nitrogens with zero attached hydrogens (tertiary/aromatic N) is 5. The molecule has 20 heteroatoms. The van der Waals surface area contributed by atoms with Gasteiger partial charge in [-0.05, 0) is 104 Å². The normalized spacial score (nSPS) is 22.5. The smallest absolute Gasteiger partial charge is 0.264 e. The van der Waals surface area contributed by atoms with E-state index in [0.717, 1.165) is 85.7 Å². The van der Waals surface area contributed by atoms with Crippen LogP contribution in [0.4, 0.5) is 11.4 Å². The summed E-state index contributed by atoms with van der Waals surface area (Å²) in [5.74, 6) is -0.691. The number of thiazole rings is 1. The second kappa shape index (κ2) is 24.6. The van der Waals surface area contributed by atoms with Crippen LogP contribution in [-0.2, 0) is 33.6 Å². The van der Waals surface area contributed by atoms with Crippen LogP contribution in [0, 0.1) is 17.8 Å². The molecule has 6 aliphatic rings. The zero-order valence-corrected chi connectivity index (χ0v) is 47.3. The summed E-state index contributed by atoms with van der Waals surface area (Å²) in [5.41, 5.74) is 3.51. The summed E-state index contributed by atoms with van der Waals surface area (Å²) in [6, 6.07) is 26.6. The van der Waals surface area contributed by atoms with E-state index >= 15 is 0 Å². The van der Waals surface area contributed by atoms with Crippen molar-refractivity contribution in [3.8, 4) is 22.1 Å². The molecule has 11 rings (SSSR count). The van der Waals surface area contributed by atoms with Gasteiger partial charge >= 0.3 is 0 Å². The predicted octanol–water partition coefficient (Wildman–Crippen LogP) is 7.11. The van der Waals surface area contributed by atoms with Crippen molar-refractivity contribution in [2.75, 3.05) is 89.3 Å². The van der Waals surface area contributed by atoms with E-state index in [4.69, 9.17) is 26.1 Å². The fourth-order valence-electron chi connectivity index (χ4n) is 12.8. The number of benzene rings is 4. The van der Waals surface area contributed by atoms with Crippen molar-refractivity contribution >= 4 is 85.9 Å². The third-order valence-corrected chi connectivity index (χ3v) is 19.0. The minimum absolute atomic E-state index is 0.0172. The number of likely N-dealkylation sites (tertiary alicyclic amines) is 1. The van der Waals surface area contributed by atoms with Crippen LogP contribution in [0.5, 0.6) is 11.5 Å². The Kier molecular flexibility index (Phi) is 16.9. The van der Waals surface area contributed by atoms with Crippen molar-refractivity contribution in [2.24, 2.45) is 17.8 Å². The summed E-state index contributed by atoms with van der Waals surface area (Å²) in [5, 5.41) is 12.5. The lowest BCUT2D eigenvalue weighted by atomic mass is 9.81. The molecule has 1 aromatic heterocycles. The summed E-state index contributed by atoms with van der Waals surface area (Å²) >= 11 is 7.94. The van der Waals surface area contributed by atoms with Crippen LogP contribution in [0.2, 0.25) is 5.02 Å². The highest BCUT2D eigenvalue weighted by Crippen LogP contribution is 2.42. The van der Waals surface area contributed by atoms with Crippen LogP contribution in [0.1, 0.15) is 93.6 Å². The maximum absolute atomic E-state index is 14.3. The highest BCUT2D eigenvalue weighted by molar-refractivity contribution is 7.22. The lowest BCUT2D eigenvalue weighted by molar-refractivity contribution is -0.147. The zero-order valence-electron chi connectivity index (χ0n) is 45.7. The van der Waals surface area contributed by atoms with E-state index < -0.39 is 11.5 Å². The van der Waals surface area contributed by atoms with Gasteiger partial charge in [0.1, 0.15) is 23.1 Å². The monoisotopic (exact) mass is 1140 g/mol. The number of amides is 7. The van der Waals surface area contributed by atoms with E-state index in [1.54, 1.807) is 30.1 Å². The average molecular weight is 1140 g/mol. The third kappa shape index (κ3) is 12.4. The van der Waals surface area contributed by atoms with Gasteiger partial charge in [0, 0.05) is 121 Å². The van der Waals surface area contributed by atoms with Gasteiger partial charge in [-0.1, -0.05) is 48.0 Å². The molecule has 1 aliphatic carbocycles. The molecule has 81 heavy (non-hydrogen) atoms. The molecule has 0 bridgehead atoms. The lowest BCUT2D eigenvalue weighted by Gasteiger charge is -2.42. The number of aromatic nitrogens is 1. The van der Waals surface area contributed by atoms with Crippen LogP contribution < -0.4 is 35.6 Å². The molecule has 1 saturated carbocycles. The van der Waals surface area contributed by atoms with Gasteiger partial charge in [0.2, 0.25) is 35.4 Å². The first-order valence-corrected chi connectivity index (χ1v) is 29.9. The fraction of sp³-hybridized carbons (Fsp3) is 0.475. The van der Waals surface area contributed by atoms with Crippen LogP contribution in [0.3, 0.4) is 0 Å². The van der Waals surface area contributed by atoms with Crippen molar-refractivity contribution in [1.82, 2.24) is 35.6 Å². The number of likely N-dealkylation sites (N-methyl/N-ethyl adjacent to an activating group) is 1. The maximum atomic E-state index is 14.3. The number of para-hydroxylation sites is 1. The SMILES string of the molecule is CNC(=O)C1(Oc2ccccc2-c2nc3cccc(Cl)c3s2)CCN(C(=O)[C@H]2CC(=O)Nc3cc(OCCNC(=O)C4CCC(C(=O)N5CCN(CC6CCN(c7cccc(C8CCC(=O)NC8=O)c7)CC6)CC5)CC4)ccc32)CC1. The number of rotatable bonds is 15. The molecule has 5 aromatic rings. The molecule has 2 atom stereocenters. The first-order valence-electron chi connectivity index (χ1n) is 28.7. The van der Waals surface area contributed by atoms with Gasteiger partial charge in [-0.3, -0.25) is 43.8 Å². The number of carbonyl (C=O) groups is 7. The average Bonchev–Trinajstić information content (AvgIpc) is 4.00. The first-order chi connectivity index (χ1) is 39.3. The van der Waals surface area contributed by atoms with Gasteiger partial charge in [0.05, 0.1) is 39.2 Å². The topological polar surface area (TPSA) is 212 Å². The molecule has 6 heterocycles. The zero-order chi connectivity index (χ0) is 56.2. The molecule has 0 radical (unpaired) electrons. The molecule has 4 aromatic carbocycles. The Labute approximate surface area is 480 Å². The number of halogens is 1. The minimum Gasteiger partial charge on any atom is -0.492 e. The van der Waals surface area contributed by atoms with Crippen LogP contribution in [-0.4, -0.2) is 146 Å². The summed E-state index contributed by atoms with van der Waals surface area (Å²) < 4.78 is 13.6. The number of piperidine rings is 3. The Hall–Kier alpha value is -7.09. The van der Waals surface area contributed by atoms with Crippen LogP contribution in [0.15, 0.2) is 84.9 Å². The van der Waals surface area contributed by atoms with E-state index in [1.165, 1.54) is 11.3 Å². The molecule has 5 aliphatic heterocycles. The van der Waals surface area contributed by atoms with Gasteiger partial charge in [-0.25, -0.2) is 4.98 Å². The highest BCUT2D eigenvalue weighted by atomic mass is 35.5. The Morgan fingerprint density at radius 2 is 1.51 bits per heavy atom. The molecule has 4 N–H and O–H groups in total. The second-order valence-electron chi connectivity index (χ2n) is 22.5. The van der Waals surface area contributed by atoms with Crippen molar-refractivity contribution < 1.29 is 43.0 Å². The molecule has 5 fully saturated rings. The molecular weight excluding hydrogens is 1070 g/mol. The standard InChI is InChI=1S/C61H70ClN9O9S/c1-63-60(78)61(80-51-11-3-2-8-46(51)57-66-49-10-5-9-48(62)54(49)81-57)22-27-70(28-23-61)59(77)47-36-53(73)65-50-35-43(16-17-45(47)50)79-33-24-64-55(74)39-12-14-40(15-13-39)58(76)71-31-29-68(30-32-71)37-38-20-25-69(26-21-38)42-7-4-6-41(34-42)44-18-19-52(72)67-56(44)75/h2-11,16-17,34-35,38-40,44,47H,12-15,18-33,36-37H2,1H3,(H,63,78)(H,64,74)(H,65,73)(H,67,72,75)/t39?,40?,44?,47-/m0/s1. The van der Waals surface area contributed by atoms with Crippen molar-refractivity contribution in [3.63, 3.8) is 0 Å². The van der Waals surface area contributed by atoms with Crippen molar-refractivity contribution in [3.05, 3.63) is 101 Å². The Bertz CT molecular complexity index is 3190. The summed E-state index contributed by atoms with van der Waals surface area (Å²) in [4.78, 5) is 106. The van der Waals surface area contributed by atoms with Gasteiger partial charge in [-0.15, -0.1) is 11.3 Å². The molecule has 1 unspecified atom stereocenters. The third-order valence-electron chi connectivity index (χ3n) is 17.5. The van der Waals surface area contributed by atoms with Gasteiger partial charge in [0.25, 0.3) is 5.91 Å². The lowest BCUT2D eigenvalue weighted by Crippen LogP contribution is -2.58. The second-order valence-corrected chi connectivity index (χ2v) is 23.9. The molecule has 0 spiro atoms. The number of hydrogen-bond acceptors (Lipinski definition) is 13. The van der Waals surface area contributed by atoms with E-state index in [9.17, 15) is 33.6 Å². The number of nitrogens with one attached hydrogen (secondary N) is 4.